The van der Waals surface area contributed by atoms with Crippen molar-refractivity contribution in [3.8, 4) is 0 Å². The maximum atomic E-state index is 9.33. The van der Waals surface area contributed by atoms with Crippen LogP contribution >= 0.6 is 24.0 Å². The lowest BCUT2D eigenvalue weighted by Gasteiger charge is -2.32. The van der Waals surface area contributed by atoms with Crippen molar-refractivity contribution in [2.75, 3.05) is 19.7 Å². The molecule has 0 amide bonds. The van der Waals surface area contributed by atoms with Crippen LogP contribution in [0.25, 0.3) is 0 Å². The molecule has 7 nitrogen and oxygen atoms in total. The minimum Gasteiger partial charge on any atom is -0.396 e. The van der Waals surface area contributed by atoms with Gasteiger partial charge in [0.25, 0.3) is 0 Å². The minimum atomic E-state index is 0. The van der Waals surface area contributed by atoms with Crippen molar-refractivity contribution >= 4 is 29.9 Å². The Morgan fingerprint density at radius 2 is 1.88 bits per heavy atom. The summed E-state index contributed by atoms with van der Waals surface area (Å²) in [4.78, 5) is 4.60. The van der Waals surface area contributed by atoms with Gasteiger partial charge in [0.1, 0.15) is 12.4 Å². The van der Waals surface area contributed by atoms with Gasteiger partial charge in [-0.05, 0) is 38.5 Å². The molecule has 1 heterocycles. The molecule has 0 bridgehead atoms. The van der Waals surface area contributed by atoms with E-state index >= 15 is 0 Å². The molecular weight excluding hydrogens is 419 g/mol. The monoisotopic (exact) mass is 452 g/mol. The molecule has 0 saturated carbocycles. The van der Waals surface area contributed by atoms with Gasteiger partial charge in [0, 0.05) is 26.7 Å². The zero-order valence-electron chi connectivity index (χ0n) is 15.6. The third-order valence-corrected chi connectivity index (χ3v) is 4.68. The number of hydrogen-bond donors (Lipinski definition) is 3. The van der Waals surface area contributed by atoms with Crippen molar-refractivity contribution in [1.82, 2.24) is 25.4 Å². The Morgan fingerprint density at radius 1 is 1.21 bits per heavy atom. The summed E-state index contributed by atoms with van der Waals surface area (Å²) in [6, 6.07) is 0. The summed E-state index contributed by atoms with van der Waals surface area (Å²) in [6.07, 6.45) is 2.85. The fraction of sp³-hybridized carbons (Fsp3) is 0.812. The first-order chi connectivity index (χ1) is 11.0. The van der Waals surface area contributed by atoms with E-state index in [0.717, 1.165) is 50.0 Å². The van der Waals surface area contributed by atoms with Crippen LogP contribution in [0.1, 0.15) is 51.7 Å². The van der Waals surface area contributed by atoms with E-state index in [1.54, 1.807) is 0 Å². The van der Waals surface area contributed by atoms with Crippen molar-refractivity contribution < 1.29 is 5.11 Å². The summed E-state index contributed by atoms with van der Waals surface area (Å²) in [5.41, 5.74) is 0.103. The van der Waals surface area contributed by atoms with Gasteiger partial charge in [0.05, 0.1) is 0 Å². The van der Waals surface area contributed by atoms with E-state index in [-0.39, 0.29) is 36.0 Å². The second kappa shape index (κ2) is 11.6. The Labute approximate surface area is 162 Å². The number of guanidine groups is 1. The third kappa shape index (κ3) is 6.54. The van der Waals surface area contributed by atoms with Crippen LogP contribution in [-0.4, -0.2) is 45.5 Å². The largest absolute Gasteiger partial charge is 0.396 e. The van der Waals surface area contributed by atoms with E-state index in [9.17, 15) is 5.11 Å². The maximum Gasteiger partial charge on any atom is 0.191 e. The van der Waals surface area contributed by atoms with E-state index in [4.69, 9.17) is 0 Å². The number of aliphatic imine (C=N–C) groups is 1. The smallest absolute Gasteiger partial charge is 0.191 e. The summed E-state index contributed by atoms with van der Waals surface area (Å²) in [7, 11) is 1.95. The molecule has 1 rings (SSSR count). The zero-order chi connectivity index (χ0) is 17.3. The van der Waals surface area contributed by atoms with Crippen LogP contribution in [0.3, 0.4) is 0 Å². The van der Waals surface area contributed by atoms with Crippen LogP contribution in [-0.2, 0) is 13.6 Å². The summed E-state index contributed by atoms with van der Waals surface area (Å²) >= 11 is 0. The summed E-state index contributed by atoms with van der Waals surface area (Å²) < 4.78 is 1.95. The summed E-state index contributed by atoms with van der Waals surface area (Å²) in [6.45, 7) is 10.6. The number of aliphatic hydroxyl groups excluding tert-OH is 1. The second-order valence-corrected chi connectivity index (χ2v) is 5.95. The number of nitrogens with zero attached hydrogens (tertiary/aromatic N) is 4. The standard InChI is InChI=1S/C16H32N6O.HI/c1-6-16(7-2,9-10-23)12-19-15(17-8-3)18-11-14-21-20-13(4)22(14)5;/h23H,6-12H2,1-5H3,(H2,17,18,19);1H. The number of aromatic nitrogens is 3. The topological polar surface area (TPSA) is 87.4 Å². The fourth-order valence-electron chi connectivity index (χ4n) is 2.53. The van der Waals surface area contributed by atoms with Gasteiger partial charge in [0.15, 0.2) is 11.8 Å². The number of hydrogen-bond acceptors (Lipinski definition) is 4. The molecule has 0 atom stereocenters. The quantitative estimate of drug-likeness (QED) is 0.303. The van der Waals surface area contributed by atoms with Crippen molar-refractivity contribution in [1.29, 1.82) is 0 Å². The van der Waals surface area contributed by atoms with Crippen LogP contribution in [0.4, 0.5) is 0 Å². The number of aliphatic hydroxyl groups is 1. The molecule has 0 aliphatic rings. The molecule has 8 heteroatoms. The first kappa shape index (κ1) is 23.1. The van der Waals surface area contributed by atoms with Crippen molar-refractivity contribution in [3.63, 3.8) is 0 Å². The van der Waals surface area contributed by atoms with E-state index in [1.807, 2.05) is 25.5 Å². The summed E-state index contributed by atoms with van der Waals surface area (Å²) in [5.74, 6) is 2.50. The minimum absolute atomic E-state index is 0. The molecule has 0 spiro atoms. The molecule has 0 radical (unpaired) electrons. The van der Waals surface area contributed by atoms with E-state index in [1.165, 1.54) is 0 Å². The Morgan fingerprint density at radius 3 is 2.33 bits per heavy atom. The van der Waals surface area contributed by atoms with Gasteiger partial charge in [-0.15, -0.1) is 34.2 Å². The lowest BCUT2D eigenvalue weighted by atomic mass is 9.79. The molecule has 24 heavy (non-hydrogen) atoms. The molecule has 140 valence electrons. The second-order valence-electron chi connectivity index (χ2n) is 5.95. The Hall–Kier alpha value is -0.900. The van der Waals surface area contributed by atoms with E-state index in [0.29, 0.717) is 6.54 Å². The van der Waals surface area contributed by atoms with Crippen LogP contribution in [0.2, 0.25) is 0 Å². The highest BCUT2D eigenvalue weighted by atomic mass is 127. The van der Waals surface area contributed by atoms with Crippen LogP contribution < -0.4 is 10.6 Å². The van der Waals surface area contributed by atoms with Gasteiger partial charge in [-0.1, -0.05) is 13.8 Å². The average molecular weight is 452 g/mol. The molecule has 0 aliphatic heterocycles. The van der Waals surface area contributed by atoms with Crippen molar-refractivity contribution in [3.05, 3.63) is 11.6 Å². The Balaban J connectivity index is 0.00000529. The zero-order valence-corrected chi connectivity index (χ0v) is 17.9. The first-order valence-electron chi connectivity index (χ1n) is 8.49. The first-order valence-corrected chi connectivity index (χ1v) is 8.49. The van der Waals surface area contributed by atoms with Crippen LogP contribution in [0, 0.1) is 12.3 Å². The van der Waals surface area contributed by atoms with Gasteiger partial charge in [-0.3, -0.25) is 0 Å². The molecule has 0 fully saturated rings. The highest BCUT2D eigenvalue weighted by Gasteiger charge is 2.25. The van der Waals surface area contributed by atoms with Gasteiger partial charge >= 0.3 is 0 Å². The van der Waals surface area contributed by atoms with Crippen LogP contribution in [0.5, 0.6) is 0 Å². The highest BCUT2D eigenvalue weighted by Crippen LogP contribution is 2.29. The lowest BCUT2D eigenvalue weighted by molar-refractivity contribution is 0.169. The van der Waals surface area contributed by atoms with E-state index < -0.39 is 0 Å². The molecule has 1 aromatic rings. The molecule has 1 aromatic heterocycles. The SMILES string of the molecule is CCNC(=NCc1nnc(C)n1C)NCC(CC)(CC)CCO.I. The van der Waals surface area contributed by atoms with E-state index in [2.05, 4.69) is 39.7 Å². The normalized spacial score (nSPS) is 12.0. The van der Waals surface area contributed by atoms with Gasteiger partial charge in [0.2, 0.25) is 0 Å². The average Bonchev–Trinajstić information content (AvgIpc) is 2.88. The molecule has 3 N–H and O–H groups in total. The predicted octanol–water partition coefficient (Wildman–Crippen LogP) is 1.99. The molecular formula is C16H33IN6O. The molecule has 0 aliphatic carbocycles. The molecule has 0 aromatic carbocycles. The van der Waals surface area contributed by atoms with Gasteiger partial charge < -0.3 is 20.3 Å². The van der Waals surface area contributed by atoms with Crippen molar-refractivity contribution in [2.45, 2.75) is 53.5 Å². The number of nitrogens with one attached hydrogen (secondary N) is 2. The van der Waals surface area contributed by atoms with Crippen molar-refractivity contribution in [2.24, 2.45) is 17.5 Å². The summed E-state index contributed by atoms with van der Waals surface area (Å²) in [5, 5.41) is 24.2. The number of halogens is 1. The Bertz CT molecular complexity index is 499. The lowest BCUT2D eigenvalue weighted by Crippen LogP contribution is -2.44. The highest BCUT2D eigenvalue weighted by molar-refractivity contribution is 14.0. The predicted molar refractivity (Wildman–Crippen MR) is 109 cm³/mol. The molecule has 0 saturated heterocycles. The number of aryl methyl sites for hydroxylation is 1. The molecule has 0 unspecified atom stereocenters. The van der Waals surface area contributed by atoms with Crippen LogP contribution in [0.15, 0.2) is 4.99 Å². The maximum absolute atomic E-state index is 9.33. The van der Waals surface area contributed by atoms with Gasteiger partial charge in [-0.2, -0.15) is 0 Å². The van der Waals surface area contributed by atoms with Gasteiger partial charge in [-0.25, -0.2) is 4.99 Å². The fourth-order valence-corrected chi connectivity index (χ4v) is 2.53. The third-order valence-electron chi connectivity index (χ3n) is 4.68. The number of rotatable bonds is 9. The Kier molecular flexibility index (Phi) is 11.2.